The maximum Gasteiger partial charge on any atom is 0.270 e. The maximum atomic E-state index is 12.5. The van der Waals surface area contributed by atoms with E-state index < -0.39 is 0 Å². The van der Waals surface area contributed by atoms with Gasteiger partial charge in [-0.15, -0.1) is 0 Å². The molecule has 1 amide bonds. The van der Waals surface area contributed by atoms with Gasteiger partial charge in [-0.1, -0.05) is 32.0 Å². The highest BCUT2D eigenvalue weighted by atomic mass is 16.3. The molecule has 1 atom stereocenters. The molecule has 24 heavy (non-hydrogen) atoms. The minimum atomic E-state index is -0.334. The van der Waals surface area contributed by atoms with Crippen LogP contribution in [0.3, 0.4) is 0 Å². The topological polar surface area (TPSA) is 80.0 Å². The molecule has 124 valence electrons. The van der Waals surface area contributed by atoms with Crippen LogP contribution in [0, 0.1) is 5.92 Å². The Kier molecular flexibility index (Phi) is 4.20. The lowest BCUT2D eigenvalue weighted by Gasteiger charge is -2.24. The molecule has 2 N–H and O–H groups in total. The van der Waals surface area contributed by atoms with Crippen LogP contribution in [-0.4, -0.2) is 25.8 Å². The van der Waals surface area contributed by atoms with Gasteiger partial charge in [-0.3, -0.25) is 14.5 Å². The molecule has 0 aliphatic carbocycles. The molecule has 0 radical (unpaired) electrons. The first-order chi connectivity index (χ1) is 11.5. The number of hydrogen-bond donors (Lipinski definition) is 2. The highest BCUT2D eigenvalue weighted by Crippen LogP contribution is 2.34. The summed E-state index contributed by atoms with van der Waals surface area (Å²) >= 11 is 0. The Hall–Kier alpha value is -2.89. The van der Waals surface area contributed by atoms with Crippen molar-refractivity contribution in [3.63, 3.8) is 0 Å². The minimum absolute atomic E-state index is 0.0919. The van der Waals surface area contributed by atoms with Crippen molar-refractivity contribution in [2.75, 3.05) is 0 Å². The molecule has 2 heterocycles. The van der Waals surface area contributed by atoms with Crippen molar-refractivity contribution >= 4 is 16.8 Å². The van der Waals surface area contributed by atoms with Gasteiger partial charge in [0.05, 0.1) is 6.04 Å². The molecule has 3 aromatic rings. The first-order valence-electron chi connectivity index (χ1n) is 7.84. The van der Waals surface area contributed by atoms with E-state index >= 15 is 0 Å². The number of nitrogens with one attached hydrogen (secondary N) is 1. The molecule has 0 bridgehead atoms. The summed E-state index contributed by atoms with van der Waals surface area (Å²) in [6, 6.07) is 8.79. The fraction of sp³-hybridized carbons (Fsp3) is 0.278. The zero-order chi connectivity index (χ0) is 17.3. The van der Waals surface area contributed by atoms with Gasteiger partial charge in [0, 0.05) is 30.4 Å². The molecule has 6 nitrogen and oxygen atoms in total. The Bertz CT molecular complexity index is 886. The van der Waals surface area contributed by atoms with E-state index in [0.29, 0.717) is 16.8 Å². The van der Waals surface area contributed by atoms with E-state index in [-0.39, 0.29) is 23.6 Å². The Morgan fingerprint density at radius 2 is 2.00 bits per heavy atom. The summed E-state index contributed by atoms with van der Waals surface area (Å²) in [7, 11) is 1.72. The first kappa shape index (κ1) is 16.0. The number of hydrogen-bond acceptors (Lipinski definition) is 4. The molecule has 0 saturated carbocycles. The zero-order valence-electron chi connectivity index (χ0n) is 13.9. The number of phenols is 1. The van der Waals surface area contributed by atoms with Gasteiger partial charge in [0.2, 0.25) is 0 Å². The molecule has 0 aliphatic rings. The van der Waals surface area contributed by atoms with E-state index in [4.69, 9.17) is 0 Å². The number of nitrogens with zero attached hydrogens (tertiary/aromatic N) is 3. The smallest absolute Gasteiger partial charge is 0.270 e. The maximum absolute atomic E-state index is 12.5. The fourth-order valence-electron chi connectivity index (χ4n) is 2.81. The number of rotatable bonds is 4. The fourth-order valence-corrected chi connectivity index (χ4v) is 2.81. The quantitative estimate of drug-likeness (QED) is 0.773. The van der Waals surface area contributed by atoms with Gasteiger partial charge in [0.25, 0.3) is 5.91 Å². The van der Waals surface area contributed by atoms with Crippen LogP contribution in [0.2, 0.25) is 0 Å². The highest BCUT2D eigenvalue weighted by Gasteiger charge is 2.24. The number of pyridine rings is 1. The summed E-state index contributed by atoms with van der Waals surface area (Å²) in [4.78, 5) is 16.8. The van der Waals surface area contributed by atoms with Crippen molar-refractivity contribution in [3.05, 3.63) is 54.0 Å². The minimum Gasteiger partial charge on any atom is -0.505 e. The molecular formula is C18H20N4O2. The SMILES string of the molecule is CC(C)C(NC(=O)c1ccnn1C)c1ccc2cccnc2c1O. The summed E-state index contributed by atoms with van der Waals surface area (Å²) in [5, 5.41) is 18.5. The predicted molar refractivity (Wildman–Crippen MR) is 91.7 cm³/mol. The van der Waals surface area contributed by atoms with Crippen molar-refractivity contribution in [2.45, 2.75) is 19.9 Å². The Morgan fingerprint density at radius 3 is 2.67 bits per heavy atom. The van der Waals surface area contributed by atoms with Gasteiger partial charge in [0.15, 0.2) is 0 Å². The third-order valence-electron chi connectivity index (χ3n) is 4.12. The van der Waals surface area contributed by atoms with Gasteiger partial charge < -0.3 is 10.4 Å². The highest BCUT2D eigenvalue weighted by molar-refractivity contribution is 5.93. The number of aromatic nitrogens is 3. The molecule has 0 saturated heterocycles. The first-order valence-corrected chi connectivity index (χ1v) is 7.84. The van der Waals surface area contributed by atoms with E-state index in [1.807, 2.05) is 38.1 Å². The molecule has 0 fully saturated rings. The van der Waals surface area contributed by atoms with Gasteiger partial charge in [-0.2, -0.15) is 5.10 Å². The Labute approximate surface area is 140 Å². The van der Waals surface area contributed by atoms with Crippen molar-refractivity contribution in [2.24, 2.45) is 13.0 Å². The van der Waals surface area contributed by atoms with E-state index in [2.05, 4.69) is 15.4 Å². The van der Waals surface area contributed by atoms with E-state index in [1.165, 1.54) is 4.68 Å². The van der Waals surface area contributed by atoms with Crippen LogP contribution in [0.5, 0.6) is 5.75 Å². The van der Waals surface area contributed by atoms with Crippen LogP contribution >= 0.6 is 0 Å². The van der Waals surface area contributed by atoms with Gasteiger partial charge >= 0.3 is 0 Å². The van der Waals surface area contributed by atoms with Crippen LogP contribution in [0.25, 0.3) is 10.9 Å². The lowest BCUT2D eigenvalue weighted by molar-refractivity contribution is 0.0915. The van der Waals surface area contributed by atoms with Crippen LogP contribution in [0.15, 0.2) is 42.7 Å². The van der Waals surface area contributed by atoms with Crippen molar-refractivity contribution in [1.29, 1.82) is 0 Å². The third-order valence-corrected chi connectivity index (χ3v) is 4.12. The van der Waals surface area contributed by atoms with E-state index in [0.717, 1.165) is 5.39 Å². The van der Waals surface area contributed by atoms with Gasteiger partial charge in [0.1, 0.15) is 17.0 Å². The number of fused-ring (bicyclic) bond motifs is 1. The van der Waals surface area contributed by atoms with Crippen LogP contribution in [-0.2, 0) is 7.05 Å². The Morgan fingerprint density at radius 1 is 1.21 bits per heavy atom. The van der Waals surface area contributed by atoms with Crippen molar-refractivity contribution in [1.82, 2.24) is 20.1 Å². The lowest BCUT2D eigenvalue weighted by Crippen LogP contribution is -2.33. The second kappa shape index (κ2) is 6.31. The van der Waals surface area contributed by atoms with Gasteiger partial charge in [-0.25, -0.2) is 0 Å². The second-order valence-corrected chi connectivity index (χ2v) is 6.11. The standard InChI is InChI=1S/C18H20N4O2/c1-11(2)15(21-18(24)14-8-10-20-22(14)3)13-7-6-12-5-4-9-19-16(12)17(13)23/h4-11,15,23H,1-3H3,(H,21,24). The zero-order valence-corrected chi connectivity index (χ0v) is 13.9. The monoisotopic (exact) mass is 324 g/mol. The molecule has 1 aromatic carbocycles. The molecule has 3 rings (SSSR count). The van der Waals surface area contributed by atoms with Crippen molar-refractivity contribution in [3.8, 4) is 5.75 Å². The normalized spacial score (nSPS) is 12.5. The summed E-state index contributed by atoms with van der Waals surface area (Å²) in [5.41, 5.74) is 1.67. The number of phenolic OH excluding ortho intramolecular Hbond substituents is 1. The molecule has 0 aliphatic heterocycles. The number of amides is 1. The number of carbonyl (C=O) groups is 1. The Balaban J connectivity index is 1.98. The third kappa shape index (κ3) is 2.82. The molecule has 0 spiro atoms. The van der Waals surface area contributed by atoms with Gasteiger partial charge in [-0.05, 0) is 18.1 Å². The van der Waals surface area contributed by atoms with Crippen molar-refractivity contribution < 1.29 is 9.90 Å². The van der Waals surface area contributed by atoms with E-state index in [1.54, 1.807) is 25.5 Å². The number of aromatic hydroxyl groups is 1. The summed E-state index contributed by atoms with van der Waals surface area (Å²) in [6.07, 6.45) is 3.22. The number of benzene rings is 1. The number of carbonyl (C=O) groups excluding carboxylic acids is 1. The van der Waals surface area contributed by atoms with Crippen LogP contribution < -0.4 is 5.32 Å². The second-order valence-electron chi connectivity index (χ2n) is 6.11. The summed E-state index contributed by atoms with van der Waals surface area (Å²) in [6.45, 7) is 3.99. The lowest BCUT2D eigenvalue weighted by atomic mass is 9.94. The van der Waals surface area contributed by atoms with Crippen LogP contribution in [0.4, 0.5) is 0 Å². The molecule has 1 unspecified atom stereocenters. The summed E-state index contributed by atoms with van der Waals surface area (Å²) < 4.78 is 1.52. The number of aryl methyl sites for hydroxylation is 1. The summed E-state index contributed by atoms with van der Waals surface area (Å²) in [5.74, 6) is -0.0273. The predicted octanol–water partition coefficient (Wildman–Crippen LogP) is 2.80. The van der Waals surface area contributed by atoms with E-state index in [9.17, 15) is 9.90 Å². The average molecular weight is 324 g/mol. The molecular weight excluding hydrogens is 304 g/mol. The average Bonchev–Trinajstić information content (AvgIpc) is 2.99. The largest absolute Gasteiger partial charge is 0.505 e. The molecule has 6 heteroatoms. The molecule has 2 aromatic heterocycles. The van der Waals surface area contributed by atoms with Crippen LogP contribution in [0.1, 0.15) is 35.9 Å².